The highest BCUT2D eigenvalue weighted by atomic mass is 16.5. The van der Waals surface area contributed by atoms with E-state index in [1.54, 1.807) is 6.92 Å². The highest BCUT2D eigenvalue weighted by Gasteiger charge is 2.35. The zero-order chi connectivity index (χ0) is 14.8. The van der Waals surface area contributed by atoms with Crippen molar-refractivity contribution in [2.24, 2.45) is 5.73 Å². The first-order valence-electron chi connectivity index (χ1n) is 7.00. The van der Waals surface area contributed by atoms with Gasteiger partial charge in [0, 0.05) is 17.0 Å². The van der Waals surface area contributed by atoms with E-state index < -0.39 is 12.0 Å². The molecule has 0 spiro atoms. The summed E-state index contributed by atoms with van der Waals surface area (Å²) in [6, 6.07) is 14.5. The number of rotatable bonds is 3. The second kappa shape index (κ2) is 5.58. The second-order valence-corrected chi connectivity index (χ2v) is 4.93. The molecule has 0 aromatic heterocycles. The number of benzene rings is 2. The summed E-state index contributed by atoms with van der Waals surface area (Å²) in [5.41, 5.74) is 8.00. The Labute approximate surface area is 123 Å². The Kier molecular flexibility index (Phi) is 3.62. The average Bonchev–Trinajstić information content (AvgIpc) is 2.52. The maximum Gasteiger partial charge on any atom is 0.323 e. The largest absolute Gasteiger partial charge is 0.465 e. The van der Waals surface area contributed by atoms with Gasteiger partial charge in [0.2, 0.25) is 0 Å². The van der Waals surface area contributed by atoms with Crippen molar-refractivity contribution in [1.82, 2.24) is 0 Å². The third kappa shape index (κ3) is 2.38. The molecule has 1 unspecified atom stereocenters. The molecule has 108 valence electrons. The Morgan fingerprint density at radius 2 is 1.67 bits per heavy atom. The van der Waals surface area contributed by atoms with E-state index in [1.807, 2.05) is 48.5 Å². The van der Waals surface area contributed by atoms with E-state index >= 15 is 0 Å². The molecule has 1 aliphatic heterocycles. The molecule has 2 N–H and O–H groups in total. The predicted octanol–water partition coefficient (Wildman–Crippen LogP) is 2.81. The van der Waals surface area contributed by atoms with Gasteiger partial charge in [-0.05, 0) is 19.1 Å². The quantitative estimate of drug-likeness (QED) is 0.880. The molecule has 0 aliphatic carbocycles. The fourth-order valence-electron chi connectivity index (χ4n) is 2.71. The Morgan fingerprint density at radius 3 is 2.19 bits per heavy atom. The number of carbonyl (C=O) groups excluding carboxylic acids is 1. The first-order chi connectivity index (χ1) is 10.2. The van der Waals surface area contributed by atoms with Crippen LogP contribution in [0.15, 0.2) is 48.5 Å². The van der Waals surface area contributed by atoms with E-state index in [0.717, 1.165) is 22.6 Å². The van der Waals surface area contributed by atoms with Crippen molar-refractivity contribution in [3.8, 4) is 11.5 Å². The SMILES string of the molecule is CCOC(=O)C(N)C1c2ccccc2Oc2ccccc21. The summed E-state index contributed by atoms with van der Waals surface area (Å²) in [4.78, 5) is 12.1. The molecule has 0 saturated carbocycles. The Bertz CT molecular complexity index is 623. The number of hydrogen-bond acceptors (Lipinski definition) is 4. The van der Waals surface area contributed by atoms with Crippen molar-refractivity contribution in [2.75, 3.05) is 6.61 Å². The van der Waals surface area contributed by atoms with Crippen LogP contribution >= 0.6 is 0 Å². The van der Waals surface area contributed by atoms with Crippen LogP contribution in [0.4, 0.5) is 0 Å². The van der Waals surface area contributed by atoms with Gasteiger partial charge in [0.15, 0.2) is 0 Å². The lowest BCUT2D eigenvalue weighted by Gasteiger charge is -2.30. The summed E-state index contributed by atoms with van der Waals surface area (Å²) in [6.45, 7) is 2.09. The molecular weight excluding hydrogens is 266 g/mol. The minimum atomic E-state index is -0.754. The second-order valence-electron chi connectivity index (χ2n) is 4.93. The summed E-state index contributed by atoms with van der Waals surface area (Å²) in [5, 5.41) is 0. The van der Waals surface area contributed by atoms with Gasteiger partial charge < -0.3 is 15.2 Å². The van der Waals surface area contributed by atoms with E-state index in [9.17, 15) is 4.79 Å². The standard InChI is InChI=1S/C17H17NO3/c1-2-20-17(19)16(18)15-11-7-3-5-9-13(11)21-14-10-6-4-8-12(14)15/h3-10,15-16H,2,18H2,1H3. The molecule has 1 heterocycles. The first-order valence-corrected chi connectivity index (χ1v) is 7.00. The van der Waals surface area contributed by atoms with Gasteiger partial charge in [-0.1, -0.05) is 36.4 Å². The van der Waals surface area contributed by atoms with Crippen LogP contribution in [0.25, 0.3) is 0 Å². The maximum atomic E-state index is 12.1. The molecule has 2 aromatic rings. The van der Waals surface area contributed by atoms with Gasteiger partial charge in [-0.25, -0.2) is 0 Å². The molecule has 3 rings (SSSR count). The van der Waals surface area contributed by atoms with Gasteiger partial charge in [0.05, 0.1) is 6.61 Å². The van der Waals surface area contributed by atoms with Crippen LogP contribution in [0.3, 0.4) is 0 Å². The molecule has 1 atom stereocenters. The predicted molar refractivity (Wildman–Crippen MR) is 79.4 cm³/mol. The molecule has 4 heteroatoms. The molecule has 0 radical (unpaired) electrons. The van der Waals surface area contributed by atoms with Crippen LogP contribution in [0.2, 0.25) is 0 Å². The minimum absolute atomic E-state index is 0.259. The molecule has 0 bridgehead atoms. The van der Waals surface area contributed by atoms with E-state index in [1.165, 1.54) is 0 Å². The molecule has 0 saturated heterocycles. The van der Waals surface area contributed by atoms with Gasteiger partial charge in [-0.3, -0.25) is 4.79 Å². The van der Waals surface area contributed by atoms with Crippen molar-refractivity contribution < 1.29 is 14.3 Å². The molecule has 21 heavy (non-hydrogen) atoms. The van der Waals surface area contributed by atoms with Crippen LogP contribution in [-0.4, -0.2) is 18.6 Å². The number of para-hydroxylation sites is 2. The number of esters is 1. The zero-order valence-corrected chi connectivity index (χ0v) is 11.8. The molecular formula is C17H17NO3. The van der Waals surface area contributed by atoms with E-state index in [2.05, 4.69) is 0 Å². The van der Waals surface area contributed by atoms with Gasteiger partial charge in [-0.2, -0.15) is 0 Å². The van der Waals surface area contributed by atoms with Crippen molar-refractivity contribution >= 4 is 5.97 Å². The Balaban J connectivity index is 2.08. The zero-order valence-electron chi connectivity index (χ0n) is 11.8. The Hall–Kier alpha value is -2.33. The van der Waals surface area contributed by atoms with E-state index in [-0.39, 0.29) is 5.92 Å². The number of ether oxygens (including phenoxy) is 2. The average molecular weight is 283 g/mol. The van der Waals surface area contributed by atoms with Crippen LogP contribution in [-0.2, 0) is 9.53 Å². The lowest BCUT2D eigenvalue weighted by atomic mass is 9.83. The molecule has 0 fully saturated rings. The fourth-order valence-corrected chi connectivity index (χ4v) is 2.71. The first kappa shape index (κ1) is 13.6. The summed E-state index contributed by atoms with van der Waals surface area (Å²) in [7, 11) is 0. The summed E-state index contributed by atoms with van der Waals surface area (Å²) < 4.78 is 11.0. The number of fused-ring (bicyclic) bond motifs is 2. The summed E-state index contributed by atoms with van der Waals surface area (Å²) in [6.07, 6.45) is 0. The Morgan fingerprint density at radius 1 is 1.14 bits per heavy atom. The number of nitrogens with two attached hydrogens (primary N) is 1. The van der Waals surface area contributed by atoms with Gasteiger partial charge >= 0.3 is 5.97 Å². The van der Waals surface area contributed by atoms with Gasteiger partial charge in [0.1, 0.15) is 17.5 Å². The molecule has 1 aliphatic rings. The lowest BCUT2D eigenvalue weighted by Crippen LogP contribution is -2.39. The third-order valence-electron chi connectivity index (χ3n) is 3.65. The summed E-state index contributed by atoms with van der Waals surface area (Å²) in [5.74, 6) is 0.820. The molecule has 0 amide bonds. The lowest BCUT2D eigenvalue weighted by molar-refractivity contribution is -0.145. The number of hydrogen-bond donors (Lipinski definition) is 1. The van der Waals surface area contributed by atoms with Crippen molar-refractivity contribution in [3.05, 3.63) is 59.7 Å². The van der Waals surface area contributed by atoms with Crippen molar-refractivity contribution in [1.29, 1.82) is 0 Å². The van der Waals surface area contributed by atoms with Crippen LogP contribution in [0.1, 0.15) is 24.0 Å². The van der Waals surface area contributed by atoms with Gasteiger partial charge in [0.25, 0.3) is 0 Å². The van der Waals surface area contributed by atoms with E-state index in [0.29, 0.717) is 6.61 Å². The smallest absolute Gasteiger partial charge is 0.323 e. The van der Waals surface area contributed by atoms with Crippen LogP contribution < -0.4 is 10.5 Å². The molecule has 2 aromatic carbocycles. The highest BCUT2D eigenvalue weighted by molar-refractivity contribution is 5.79. The fraction of sp³-hybridized carbons (Fsp3) is 0.235. The van der Waals surface area contributed by atoms with E-state index in [4.69, 9.17) is 15.2 Å². The van der Waals surface area contributed by atoms with Gasteiger partial charge in [-0.15, -0.1) is 0 Å². The normalized spacial score (nSPS) is 14.6. The minimum Gasteiger partial charge on any atom is -0.465 e. The monoisotopic (exact) mass is 283 g/mol. The maximum absolute atomic E-state index is 12.1. The van der Waals surface area contributed by atoms with Crippen molar-refractivity contribution in [3.63, 3.8) is 0 Å². The van der Waals surface area contributed by atoms with Crippen LogP contribution in [0, 0.1) is 0 Å². The highest BCUT2D eigenvalue weighted by Crippen LogP contribution is 2.45. The third-order valence-corrected chi connectivity index (χ3v) is 3.65. The molecule has 4 nitrogen and oxygen atoms in total. The van der Waals surface area contributed by atoms with Crippen molar-refractivity contribution in [2.45, 2.75) is 18.9 Å². The number of carbonyl (C=O) groups is 1. The summed E-state index contributed by atoms with van der Waals surface area (Å²) >= 11 is 0. The van der Waals surface area contributed by atoms with Crippen LogP contribution in [0.5, 0.6) is 11.5 Å². The topological polar surface area (TPSA) is 61.5 Å².